The van der Waals surface area contributed by atoms with Crippen LogP contribution in [0.5, 0.6) is 0 Å². The van der Waals surface area contributed by atoms with Crippen molar-refractivity contribution in [2.45, 2.75) is 13.8 Å². The minimum atomic E-state index is 0.0393. The van der Waals surface area contributed by atoms with Gasteiger partial charge < -0.3 is 4.98 Å². The second kappa shape index (κ2) is 4.91. The predicted octanol–water partition coefficient (Wildman–Crippen LogP) is 4.78. The maximum atomic E-state index is 12.8. The normalized spacial score (nSPS) is 10.9. The summed E-state index contributed by atoms with van der Waals surface area (Å²) in [5.41, 5.74) is 4.63. The molecule has 0 spiro atoms. The van der Waals surface area contributed by atoms with Crippen LogP contribution in [0, 0.1) is 13.8 Å². The van der Waals surface area contributed by atoms with Gasteiger partial charge in [0.05, 0.1) is 0 Å². The Morgan fingerprint density at radius 3 is 2.50 bits per heavy atom. The quantitative estimate of drug-likeness (QED) is 0.675. The molecule has 2 nitrogen and oxygen atoms in total. The number of H-pyrrole nitrogens is 1. The van der Waals surface area contributed by atoms with Gasteiger partial charge in [-0.2, -0.15) is 0 Å². The average Bonchev–Trinajstić information content (AvgIpc) is 2.83. The van der Waals surface area contributed by atoms with E-state index in [9.17, 15) is 4.79 Å². The molecule has 0 aliphatic carbocycles. The Morgan fingerprint density at radius 2 is 1.70 bits per heavy atom. The van der Waals surface area contributed by atoms with E-state index in [-0.39, 0.29) is 5.78 Å². The van der Waals surface area contributed by atoms with E-state index in [1.807, 2.05) is 50.2 Å². The van der Waals surface area contributed by atoms with Gasteiger partial charge in [0.2, 0.25) is 0 Å². The van der Waals surface area contributed by atoms with Gasteiger partial charge in [0.1, 0.15) is 0 Å². The number of nitrogens with one attached hydrogen (secondary N) is 1. The fraction of sp³-hybridized carbons (Fsp3) is 0.118. The summed E-state index contributed by atoms with van der Waals surface area (Å²) in [5.74, 6) is 0.0393. The van der Waals surface area contributed by atoms with Crippen LogP contribution in [0.15, 0.2) is 47.1 Å². The van der Waals surface area contributed by atoms with Gasteiger partial charge in [-0.25, -0.2) is 0 Å². The summed E-state index contributed by atoms with van der Waals surface area (Å²) in [5, 5.41) is 0.975. The maximum absolute atomic E-state index is 12.8. The van der Waals surface area contributed by atoms with Crippen molar-refractivity contribution in [2.24, 2.45) is 0 Å². The molecule has 0 fully saturated rings. The molecule has 3 heteroatoms. The summed E-state index contributed by atoms with van der Waals surface area (Å²) in [6, 6.07) is 11.9. The van der Waals surface area contributed by atoms with Gasteiger partial charge in [-0.3, -0.25) is 4.79 Å². The zero-order valence-electron chi connectivity index (χ0n) is 11.3. The van der Waals surface area contributed by atoms with Gasteiger partial charge in [-0.1, -0.05) is 39.2 Å². The molecule has 1 heterocycles. The molecule has 0 bridgehead atoms. The van der Waals surface area contributed by atoms with Crippen LogP contribution in [0.2, 0.25) is 0 Å². The smallest absolute Gasteiger partial charge is 0.196 e. The first-order chi connectivity index (χ1) is 9.56. The third kappa shape index (κ3) is 2.18. The molecule has 0 unspecified atom stereocenters. The predicted molar refractivity (Wildman–Crippen MR) is 85.3 cm³/mol. The van der Waals surface area contributed by atoms with E-state index in [2.05, 4.69) is 20.9 Å². The molecule has 3 aromatic rings. The second-order valence-electron chi connectivity index (χ2n) is 5.06. The van der Waals surface area contributed by atoms with Crippen LogP contribution >= 0.6 is 15.9 Å². The number of aromatic nitrogens is 1. The Bertz CT molecular complexity index is 817. The molecule has 0 atom stereocenters. The van der Waals surface area contributed by atoms with Crippen molar-refractivity contribution in [3.8, 4) is 0 Å². The van der Waals surface area contributed by atoms with Gasteiger partial charge in [0.15, 0.2) is 5.78 Å². The largest absolute Gasteiger partial charge is 0.360 e. The number of rotatable bonds is 2. The van der Waals surface area contributed by atoms with Crippen molar-refractivity contribution in [3.05, 3.63) is 69.3 Å². The van der Waals surface area contributed by atoms with Gasteiger partial charge >= 0.3 is 0 Å². The molecule has 2 aromatic carbocycles. The van der Waals surface area contributed by atoms with E-state index in [4.69, 9.17) is 0 Å². The topological polar surface area (TPSA) is 32.9 Å². The molecular weight excluding hydrogens is 314 g/mol. The molecule has 1 aromatic heterocycles. The Hall–Kier alpha value is -1.87. The molecule has 0 radical (unpaired) electrons. The van der Waals surface area contributed by atoms with Crippen LogP contribution in [0.3, 0.4) is 0 Å². The Balaban J connectivity index is 2.17. The number of aryl methyl sites for hydroxylation is 2. The van der Waals surface area contributed by atoms with E-state index in [0.717, 1.165) is 32.1 Å². The molecule has 3 rings (SSSR count). The number of halogens is 1. The first-order valence-corrected chi connectivity index (χ1v) is 7.24. The number of benzene rings is 2. The maximum Gasteiger partial charge on any atom is 0.196 e. The zero-order chi connectivity index (χ0) is 14.3. The lowest BCUT2D eigenvalue weighted by molar-refractivity contribution is 0.103. The lowest BCUT2D eigenvalue weighted by atomic mass is 10.0. The molecule has 20 heavy (non-hydrogen) atoms. The lowest BCUT2D eigenvalue weighted by Crippen LogP contribution is -2.02. The number of carbonyl (C=O) groups excluding carboxylic acids is 1. The van der Waals surface area contributed by atoms with Gasteiger partial charge in [-0.05, 0) is 38.1 Å². The Kier molecular flexibility index (Phi) is 3.22. The van der Waals surface area contributed by atoms with Crippen molar-refractivity contribution in [1.29, 1.82) is 0 Å². The number of aromatic amines is 1. The van der Waals surface area contributed by atoms with E-state index in [1.165, 1.54) is 0 Å². The first kappa shape index (κ1) is 13.1. The number of hydrogen-bond donors (Lipinski definition) is 1. The summed E-state index contributed by atoms with van der Waals surface area (Å²) in [4.78, 5) is 15.9. The Morgan fingerprint density at radius 1 is 1.00 bits per heavy atom. The highest BCUT2D eigenvalue weighted by Gasteiger charge is 2.16. The molecule has 1 N–H and O–H groups in total. The number of hydrogen-bond acceptors (Lipinski definition) is 1. The fourth-order valence-electron chi connectivity index (χ4n) is 2.38. The summed E-state index contributed by atoms with van der Waals surface area (Å²) in [6.07, 6.45) is 1.79. The van der Waals surface area contributed by atoms with Crippen LogP contribution in [0.4, 0.5) is 0 Å². The van der Waals surface area contributed by atoms with Gasteiger partial charge in [0, 0.05) is 32.7 Å². The van der Waals surface area contributed by atoms with Crippen molar-refractivity contribution < 1.29 is 4.79 Å². The number of fused-ring (bicyclic) bond motifs is 1. The van der Waals surface area contributed by atoms with E-state index < -0.39 is 0 Å². The lowest BCUT2D eigenvalue weighted by Gasteiger charge is -2.04. The summed E-state index contributed by atoms with van der Waals surface area (Å²) >= 11 is 3.46. The number of carbonyl (C=O) groups is 1. The third-order valence-corrected chi connectivity index (χ3v) is 4.14. The van der Waals surface area contributed by atoms with Crippen LogP contribution in [0.1, 0.15) is 27.0 Å². The van der Waals surface area contributed by atoms with Crippen LogP contribution in [-0.4, -0.2) is 10.8 Å². The van der Waals surface area contributed by atoms with E-state index >= 15 is 0 Å². The summed E-state index contributed by atoms with van der Waals surface area (Å²) < 4.78 is 0.829. The highest BCUT2D eigenvalue weighted by Crippen LogP contribution is 2.26. The highest BCUT2D eigenvalue weighted by atomic mass is 79.9. The highest BCUT2D eigenvalue weighted by molar-refractivity contribution is 9.10. The molecule has 0 amide bonds. The molecule has 0 saturated heterocycles. The van der Waals surface area contributed by atoms with Gasteiger partial charge in [-0.15, -0.1) is 0 Å². The first-order valence-electron chi connectivity index (χ1n) is 6.45. The average molecular weight is 328 g/mol. The standard InChI is InChI=1S/C17H14BrNO/c1-10-3-5-15(18)13(8-10)17(20)14-9-19-16-6-4-11(2)7-12(14)16/h3-9,19H,1-2H3. The van der Waals surface area contributed by atoms with Crippen molar-refractivity contribution in [1.82, 2.24) is 4.98 Å². The molecule has 0 aliphatic rings. The Labute approximate surface area is 126 Å². The third-order valence-electron chi connectivity index (χ3n) is 3.45. The summed E-state index contributed by atoms with van der Waals surface area (Å²) in [7, 11) is 0. The van der Waals surface area contributed by atoms with Crippen LogP contribution < -0.4 is 0 Å². The molecule has 0 saturated carbocycles. The minimum absolute atomic E-state index is 0.0393. The van der Waals surface area contributed by atoms with E-state index in [0.29, 0.717) is 5.56 Å². The van der Waals surface area contributed by atoms with Crippen molar-refractivity contribution >= 4 is 32.6 Å². The molecular formula is C17H14BrNO. The van der Waals surface area contributed by atoms with Crippen LogP contribution in [0.25, 0.3) is 10.9 Å². The monoisotopic (exact) mass is 327 g/mol. The van der Waals surface area contributed by atoms with E-state index in [1.54, 1.807) is 6.20 Å². The second-order valence-corrected chi connectivity index (χ2v) is 5.92. The SMILES string of the molecule is Cc1ccc(Br)c(C(=O)c2c[nH]c3ccc(C)cc23)c1. The van der Waals surface area contributed by atoms with Crippen molar-refractivity contribution in [3.63, 3.8) is 0 Å². The van der Waals surface area contributed by atoms with Crippen molar-refractivity contribution in [2.75, 3.05) is 0 Å². The summed E-state index contributed by atoms with van der Waals surface area (Å²) in [6.45, 7) is 4.02. The zero-order valence-corrected chi connectivity index (χ0v) is 12.9. The van der Waals surface area contributed by atoms with Gasteiger partial charge in [0.25, 0.3) is 0 Å². The molecule has 100 valence electrons. The minimum Gasteiger partial charge on any atom is -0.360 e. The van der Waals surface area contributed by atoms with Crippen LogP contribution in [-0.2, 0) is 0 Å². The molecule has 0 aliphatic heterocycles. The fourth-order valence-corrected chi connectivity index (χ4v) is 2.81. The number of ketones is 1.